The van der Waals surface area contributed by atoms with Crippen molar-refractivity contribution in [2.75, 3.05) is 6.61 Å². The Morgan fingerprint density at radius 3 is 2.10 bits per heavy atom. The molecule has 0 aliphatic rings. The van der Waals surface area contributed by atoms with Crippen LogP contribution in [0.5, 0.6) is 0 Å². The summed E-state index contributed by atoms with van der Waals surface area (Å²) in [4.78, 5) is 34.7. The quantitative estimate of drug-likeness (QED) is 0.328. The van der Waals surface area contributed by atoms with Gasteiger partial charge in [0, 0.05) is 27.2 Å². The van der Waals surface area contributed by atoms with Crippen LogP contribution in [0.25, 0.3) is 0 Å². The molecule has 1 amide bonds. The van der Waals surface area contributed by atoms with E-state index in [1.165, 1.54) is 64.9 Å². The first-order chi connectivity index (χ1) is 14.6. The number of esters is 2. The summed E-state index contributed by atoms with van der Waals surface area (Å²) in [6, 6.07) is 8.08. The van der Waals surface area contributed by atoms with E-state index in [0.29, 0.717) is 0 Å². The summed E-state index contributed by atoms with van der Waals surface area (Å²) >= 11 is 0. The van der Waals surface area contributed by atoms with Gasteiger partial charge in [-0.05, 0) is 30.9 Å². The Balaban J connectivity index is 2.83. The van der Waals surface area contributed by atoms with Crippen LogP contribution in [0.1, 0.15) is 96.8 Å². The number of nitrogens with one attached hydrogen (secondary N) is 1. The van der Waals surface area contributed by atoms with Gasteiger partial charge in [-0.15, -0.1) is 0 Å². The molecule has 0 saturated carbocycles. The van der Waals surface area contributed by atoms with Crippen LogP contribution in [0.3, 0.4) is 0 Å². The monoisotopic (exact) mass is 433 g/mol. The maximum absolute atomic E-state index is 11.7. The minimum atomic E-state index is -0.866. The van der Waals surface area contributed by atoms with Gasteiger partial charge in [0.05, 0.1) is 5.54 Å². The number of hydrogen-bond acceptors (Lipinski definition) is 5. The Kier molecular flexibility index (Phi) is 11.9. The van der Waals surface area contributed by atoms with Crippen molar-refractivity contribution in [2.45, 2.75) is 97.6 Å². The molecule has 0 aliphatic carbocycles. The highest BCUT2D eigenvalue weighted by atomic mass is 16.5. The van der Waals surface area contributed by atoms with Crippen LogP contribution in [-0.4, -0.2) is 30.0 Å². The molecule has 0 saturated heterocycles. The van der Waals surface area contributed by atoms with E-state index in [9.17, 15) is 14.4 Å². The molecule has 0 radical (unpaired) electrons. The molecule has 0 bridgehead atoms. The van der Waals surface area contributed by atoms with Crippen LogP contribution in [0.2, 0.25) is 0 Å². The third-order valence-corrected chi connectivity index (χ3v) is 5.19. The molecule has 2 atom stereocenters. The summed E-state index contributed by atoms with van der Waals surface area (Å²) in [7, 11) is 0. The lowest BCUT2D eigenvalue weighted by molar-refractivity contribution is -0.151. The number of carbonyl (C=O) groups is 3. The second-order valence-electron chi connectivity index (χ2n) is 8.58. The fraction of sp³-hybridized carbons (Fsp3) is 0.640. The molecular formula is C25H39NO5. The van der Waals surface area contributed by atoms with Gasteiger partial charge in [0.2, 0.25) is 5.91 Å². The molecule has 6 nitrogen and oxygen atoms in total. The molecule has 1 rings (SSSR count). The maximum Gasteiger partial charge on any atom is 0.303 e. The van der Waals surface area contributed by atoms with Crippen molar-refractivity contribution in [3.8, 4) is 0 Å². The Labute approximate surface area is 187 Å². The first-order valence-corrected chi connectivity index (χ1v) is 11.3. The standard InChI is InChI=1S/C25H39NO5/c1-6-7-8-9-10-11-12-22-13-15-23(16-14-22)24(31-21(4)29)17-25(5,26-19(2)27)18-30-20(3)28/h13-16,24H,6-12,17-18H2,1-5H3,(H,26,27). The highest BCUT2D eigenvalue weighted by Crippen LogP contribution is 2.29. The third kappa shape index (κ3) is 11.6. The average molecular weight is 434 g/mol. The first-order valence-electron chi connectivity index (χ1n) is 11.3. The molecule has 0 aliphatic heterocycles. The molecule has 0 spiro atoms. The molecule has 1 N–H and O–H groups in total. The second kappa shape index (κ2) is 13.8. The van der Waals surface area contributed by atoms with Crippen molar-refractivity contribution < 1.29 is 23.9 Å². The Morgan fingerprint density at radius 2 is 1.55 bits per heavy atom. The predicted octanol–water partition coefficient (Wildman–Crippen LogP) is 5.04. The molecule has 1 aromatic carbocycles. The van der Waals surface area contributed by atoms with E-state index >= 15 is 0 Å². The van der Waals surface area contributed by atoms with Crippen LogP contribution >= 0.6 is 0 Å². The normalized spacial score (nSPS) is 13.7. The number of rotatable bonds is 14. The van der Waals surface area contributed by atoms with E-state index < -0.39 is 23.6 Å². The van der Waals surface area contributed by atoms with Crippen molar-refractivity contribution in [1.29, 1.82) is 0 Å². The molecule has 31 heavy (non-hydrogen) atoms. The zero-order valence-electron chi connectivity index (χ0n) is 19.8. The van der Waals surface area contributed by atoms with E-state index in [1.807, 2.05) is 12.1 Å². The van der Waals surface area contributed by atoms with Gasteiger partial charge in [0.1, 0.15) is 12.7 Å². The SMILES string of the molecule is CCCCCCCCc1ccc(C(CC(C)(COC(C)=O)NC(C)=O)OC(C)=O)cc1. The van der Waals surface area contributed by atoms with Crippen molar-refractivity contribution in [1.82, 2.24) is 5.32 Å². The number of carbonyl (C=O) groups excluding carboxylic acids is 3. The molecule has 1 aromatic rings. The van der Waals surface area contributed by atoms with E-state index in [2.05, 4.69) is 24.4 Å². The second-order valence-corrected chi connectivity index (χ2v) is 8.58. The molecular weight excluding hydrogens is 394 g/mol. The smallest absolute Gasteiger partial charge is 0.303 e. The van der Waals surface area contributed by atoms with E-state index in [-0.39, 0.29) is 18.9 Å². The summed E-state index contributed by atoms with van der Waals surface area (Å²) < 4.78 is 10.7. The van der Waals surface area contributed by atoms with Crippen molar-refractivity contribution in [2.24, 2.45) is 0 Å². The predicted molar refractivity (Wildman–Crippen MR) is 122 cm³/mol. The molecule has 174 valence electrons. The van der Waals surface area contributed by atoms with Crippen molar-refractivity contribution in [3.63, 3.8) is 0 Å². The Morgan fingerprint density at radius 1 is 0.935 bits per heavy atom. The molecule has 0 heterocycles. The van der Waals surface area contributed by atoms with Crippen LogP contribution in [0.4, 0.5) is 0 Å². The fourth-order valence-electron chi connectivity index (χ4n) is 3.68. The van der Waals surface area contributed by atoms with E-state index in [1.54, 1.807) is 6.92 Å². The van der Waals surface area contributed by atoms with Crippen LogP contribution < -0.4 is 5.32 Å². The molecule has 0 fully saturated rings. The van der Waals surface area contributed by atoms with Gasteiger partial charge >= 0.3 is 11.9 Å². The number of hydrogen-bond donors (Lipinski definition) is 1. The van der Waals surface area contributed by atoms with E-state index in [0.717, 1.165) is 12.0 Å². The van der Waals surface area contributed by atoms with Crippen LogP contribution in [0, 0.1) is 0 Å². The van der Waals surface area contributed by atoms with E-state index in [4.69, 9.17) is 9.47 Å². The van der Waals surface area contributed by atoms with Gasteiger partial charge in [0.25, 0.3) is 0 Å². The zero-order valence-corrected chi connectivity index (χ0v) is 19.8. The lowest BCUT2D eigenvalue weighted by Crippen LogP contribution is -2.50. The zero-order chi connectivity index (χ0) is 23.3. The Bertz CT molecular complexity index is 700. The summed E-state index contributed by atoms with van der Waals surface area (Å²) in [6.45, 7) is 8.09. The minimum Gasteiger partial charge on any atom is -0.463 e. The summed E-state index contributed by atoms with van der Waals surface area (Å²) in [6.07, 6.45) is 8.31. The average Bonchev–Trinajstić information content (AvgIpc) is 2.68. The minimum absolute atomic E-state index is 0.00417. The Hall–Kier alpha value is -2.37. The number of benzene rings is 1. The maximum atomic E-state index is 11.7. The molecule has 0 aromatic heterocycles. The van der Waals surface area contributed by atoms with Crippen molar-refractivity contribution >= 4 is 17.8 Å². The van der Waals surface area contributed by atoms with Crippen molar-refractivity contribution in [3.05, 3.63) is 35.4 Å². The van der Waals surface area contributed by atoms with Gasteiger partial charge < -0.3 is 14.8 Å². The highest BCUT2D eigenvalue weighted by Gasteiger charge is 2.33. The van der Waals surface area contributed by atoms with Crippen LogP contribution in [0.15, 0.2) is 24.3 Å². The lowest BCUT2D eigenvalue weighted by Gasteiger charge is -2.33. The molecule has 6 heteroatoms. The number of aryl methyl sites for hydroxylation is 1. The van der Waals surface area contributed by atoms with Crippen LogP contribution in [-0.2, 0) is 30.3 Å². The highest BCUT2D eigenvalue weighted by molar-refractivity contribution is 5.74. The van der Waals surface area contributed by atoms with Gasteiger partial charge in [-0.2, -0.15) is 0 Å². The number of ether oxygens (including phenoxy) is 2. The summed E-state index contributed by atoms with van der Waals surface area (Å²) in [5, 5.41) is 2.84. The number of unbranched alkanes of at least 4 members (excludes halogenated alkanes) is 5. The van der Waals surface area contributed by atoms with Gasteiger partial charge in [-0.1, -0.05) is 63.3 Å². The topological polar surface area (TPSA) is 81.7 Å². The summed E-state index contributed by atoms with van der Waals surface area (Å²) in [5.74, 6) is -1.08. The third-order valence-electron chi connectivity index (χ3n) is 5.19. The summed E-state index contributed by atoms with van der Waals surface area (Å²) in [5.41, 5.74) is 1.24. The lowest BCUT2D eigenvalue weighted by atomic mass is 9.90. The van der Waals surface area contributed by atoms with Gasteiger partial charge in [-0.3, -0.25) is 14.4 Å². The van der Waals surface area contributed by atoms with Gasteiger partial charge in [0.15, 0.2) is 0 Å². The van der Waals surface area contributed by atoms with Gasteiger partial charge in [-0.25, -0.2) is 0 Å². The first kappa shape index (κ1) is 26.7. The molecule has 2 unspecified atom stereocenters. The fourth-order valence-corrected chi connectivity index (χ4v) is 3.68. The number of amides is 1. The largest absolute Gasteiger partial charge is 0.463 e.